The van der Waals surface area contributed by atoms with E-state index < -0.39 is 29.8 Å². The molecule has 4 rings (SSSR count). The fourth-order valence-electron chi connectivity index (χ4n) is 3.87. The van der Waals surface area contributed by atoms with Crippen molar-refractivity contribution < 1.29 is 37.0 Å². The van der Waals surface area contributed by atoms with E-state index in [2.05, 4.69) is 4.74 Å². The first-order valence-corrected chi connectivity index (χ1v) is 10.9. The van der Waals surface area contributed by atoms with Crippen LogP contribution in [0.2, 0.25) is 0 Å². The number of amides is 3. The number of benzene rings is 3. The Morgan fingerprint density at radius 3 is 2.28 bits per heavy atom. The normalized spacial score (nSPS) is 13.0. The van der Waals surface area contributed by atoms with Crippen molar-refractivity contribution in [1.82, 2.24) is 4.90 Å². The number of anilines is 1. The Labute approximate surface area is 204 Å². The van der Waals surface area contributed by atoms with Gasteiger partial charge in [-0.2, -0.15) is 0 Å². The summed E-state index contributed by atoms with van der Waals surface area (Å²) in [5.41, 5.74) is 0.835. The first-order chi connectivity index (χ1) is 17.1. The van der Waals surface area contributed by atoms with Gasteiger partial charge < -0.3 is 14.4 Å². The third-order valence-electron chi connectivity index (χ3n) is 5.49. The Bertz CT molecular complexity index is 1320. The molecule has 1 aliphatic heterocycles. The molecule has 0 N–H and O–H groups in total. The molecule has 0 bridgehead atoms. The monoisotopic (exact) mass is 498 g/mol. The van der Waals surface area contributed by atoms with Crippen LogP contribution in [0.3, 0.4) is 0 Å². The van der Waals surface area contributed by atoms with Crippen LogP contribution in [0.1, 0.15) is 43.6 Å². The number of ether oxygens (including phenoxy) is 2. The Kier molecular flexibility index (Phi) is 6.69. The average Bonchev–Trinajstić information content (AvgIpc) is 3.09. The van der Waals surface area contributed by atoms with Crippen molar-refractivity contribution in [2.45, 2.75) is 19.8 Å². The van der Waals surface area contributed by atoms with Gasteiger partial charge in [0.15, 0.2) is 0 Å². The highest BCUT2D eigenvalue weighted by atomic mass is 19.4. The summed E-state index contributed by atoms with van der Waals surface area (Å²) in [6.45, 7) is 2.13. The van der Waals surface area contributed by atoms with E-state index >= 15 is 0 Å². The number of nitrogens with zero attached hydrogens (tertiary/aromatic N) is 2. The number of halogens is 3. The maximum atomic E-state index is 13.1. The van der Waals surface area contributed by atoms with Crippen molar-refractivity contribution in [3.8, 4) is 11.5 Å². The lowest BCUT2D eigenvalue weighted by Gasteiger charge is -2.20. The van der Waals surface area contributed by atoms with Crippen molar-refractivity contribution >= 4 is 23.4 Å². The van der Waals surface area contributed by atoms with Crippen molar-refractivity contribution in [1.29, 1.82) is 0 Å². The van der Waals surface area contributed by atoms with E-state index in [0.29, 0.717) is 18.0 Å². The van der Waals surface area contributed by atoms with Gasteiger partial charge in [-0.3, -0.25) is 14.4 Å². The van der Waals surface area contributed by atoms with Gasteiger partial charge in [0, 0.05) is 24.7 Å². The van der Waals surface area contributed by atoms with Gasteiger partial charge >= 0.3 is 6.36 Å². The fourth-order valence-corrected chi connectivity index (χ4v) is 3.87. The zero-order chi connectivity index (χ0) is 26.0. The van der Waals surface area contributed by atoms with Gasteiger partial charge in [0.1, 0.15) is 11.5 Å². The highest BCUT2D eigenvalue weighted by Crippen LogP contribution is 2.31. The SMILES string of the molecule is CCOc1ccc(N2C(=O)c3ccc(C(=O)N(C)Cc4ccccc4OC(F)(F)F)cc3C2=O)cc1. The first kappa shape index (κ1) is 24.8. The Morgan fingerprint density at radius 1 is 0.944 bits per heavy atom. The van der Waals surface area contributed by atoms with Crippen molar-refractivity contribution in [3.05, 3.63) is 89.0 Å². The number of alkyl halides is 3. The molecular formula is C26H21F3N2O5. The molecule has 0 atom stereocenters. The molecule has 0 fully saturated rings. The van der Waals surface area contributed by atoms with Crippen LogP contribution >= 0.6 is 0 Å². The van der Waals surface area contributed by atoms with E-state index in [9.17, 15) is 27.6 Å². The lowest BCUT2D eigenvalue weighted by atomic mass is 10.0. The molecule has 0 aromatic heterocycles. The topological polar surface area (TPSA) is 76.2 Å². The van der Waals surface area contributed by atoms with Crippen LogP contribution in [0.5, 0.6) is 11.5 Å². The van der Waals surface area contributed by atoms with E-state index in [-0.39, 0.29) is 28.8 Å². The second-order valence-corrected chi connectivity index (χ2v) is 7.95. The van der Waals surface area contributed by atoms with Gasteiger partial charge in [0.25, 0.3) is 17.7 Å². The molecule has 0 saturated heterocycles. The molecule has 3 amide bonds. The van der Waals surface area contributed by atoms with Crippen LogP contribution in [0.25, 0.3) is 0 Å². The van der Waals surface area contributed by atoms with Crippen LogP contribution in [-0.2, 0) is 6.54 Å². The summed E-state index contributed by atoms with van der Waals surface area (Å²) in [6.07, 6.45) is -4.87. The number of rotatable bonds is 7. The lowest BCUT2D eigenvalue weighted by molar-refractivity contribution is -0.275. The average molecular weight is 498 g/mol. The zero-order valence-corrected chi connectivity index (χ0v) is 19.3. The van der Waals surface area contributed by atoms with E-state index in [0.717, 1.165) is 11.0 Å². The molecule has 36 heavy (non-hydrogen) atoms. The fraction of sp³-hybridized carbons (Fsp3) is 0.192. The summed E-state index contributed by atoms with van der Waals surface area (Å²) >= 11 is 0. The quantitative estimate of drug-likeness (QED) is 0.426. The predicted octanol–water partition coefficient (Wildman–Crippen LogP) is 5.06. The Hall–Kier alpha value is -4.34. The predicted molar refractivity (Wildman–Crippen MR) is 124 cm³/mol. The molecule has 3 aromatic rings. The zero-order valence-electron chi connectivity index (χ0n) is 19.3. The largest absolute Gasteiger partial charge is 0.573 e. The number of hydrogen-bond donors (Lipinski definition) is 0. The maximum absolute atomic E-state index is 13.1. The molecule has 1 aliphatic rings. The number of carbonyl (C=O) groups is 3. The van der Waals surface area contributed by atoms with Gasteiger partial charge in [0.2, 0.25) is 0 Å². The molecule has 0 aliphatic carbocycles. The number of carbonyl (C=O) groups excluding carboxylic acids is 3. The smallest absolute Gasteiger partial charge is 0.494 e. The third-order valence-corrected chi connectivity index (χ3v) is 5.49. The molecule has 0 unspecified atom stereocenters. The van der Waals surface area contributed by atoms with Crippen molar-refractivity contribution in [2.75, 3.05) is 18.6 Å². The van der Waals surface area contributed by atoms with Crippen LogP contribution in [0.15, 0.2) is 66.7 Å². The molecule has 3 aromatic carbocycles. The van der Waals surface area contributed by atoms with Crippen LogP contribution in [0.4, 0.5) is 18.9 Å². The van der Waals surface area contributed by atoms with Gasteiger partial charge in [-0.15, -0.1) is 13.2 Å². The first-order valence-electron chi connectivity index (χ1n) is 10.9. The number of imide groups is 1. The van der Waals surface area contributed by atoms with E-state index in [1.807, 2.05) is 6.92 Å². The summed E-state index contributed by atoms with van der Waals surface area (Å²) in [4.78, 5) is 41.2. The molecule has 0 radical (unpaired) electrons. The van der Waals surface area contributed by atoms with Gasteiger partial charge in [0.05, 0.1) is 23.4 Å². The molecular weight excluding hydrogens is 477 g/mol. The minimum atomic E-state index is -4.87. The van der Waals surface area contributed by atoms with E-state index in [1.165, 1.54) is 48.3 Å². The molecule has 7 nitrogen and oxygen atoms in total. The van der Waals surface area contributed by atoms with Gasteiger partial charge in [-0.25, -0.2) is 4.90 Å². The van der Waals surface area contributed by atoms with Crippen LogP contribution in [-0.4, -0.2) is 42.6 Å². The van der Waals surface area contributed by atoms with Gasteiger partial charge in [-0.1, -0.05) is 18.2 Å². The second kappa shape index (κ2) is 9.73. The minimum absolute atomic E-state index is 0.0638. The molecule has 186 valence electrons. The lowest BCUT2D eigenvalue weighted by Crippen LogP contribution is -2.29. The second-order valence-electron chi connectivity index (χ2n) is 7.95. The summed E-state index contributed by atoms with van der Waals surface area (Å²) in [5.74, 6) is -1.47. The number of para-hydroxylation sites is 1. The molecule has 0 spiro atoms. The van der Waals surface area contributed by atoms with Crippen molar-refractivity contribution in [3.63, 3.8) is 0 Å². The van der Waals surface area contributed by atoms with Crippen LogP contribution in [0, 0.1) is 0 Å². The minimum Gasteiger partial charge on any atom is -0.494 e. The molecule has 10 heteroatoms. The molecule has 0 saturated carbocycles. The Balaban J connectivity index is 1.54. The summed E-state index contributed by atoms with van der Waals surface area (Å²) in [5, 5.41) is 0. The van der Waals surface area contributed by atoms with E-state index in [1.54, 1.807) is 24.3 Å². The summed E-state index contributed by atoms with van der Waals surface area (Å²) in [7, 11) is 1.42. The Morgan fingerprint density at radius 2 is 1.61 bits per heavy atom. The summed E-state index contributed by atoms with van der Waals surface area (Å²) < 4.78 is 47.6. The van der Waals surface area contributed by atoms with E-state index in [4.69, 9.17) is 4.74 Å². The molecule has 1 heterocycles. The standard InChI is InChI=1S/C26H21F3N2O5/c1-3-35-19-11-9-18(10-12-19)31-24(33)20-13-8-16(14-21(20)25(31)34)23(32)30(2)15-17-6-4-5-7-22(17)36-26(27,28)29/h4-14H,3,15H2,1-2H3. The van der Waals surface area contributed by atoms with Crippen LogP contribution < -0.4 is 14.4 Å². The highest BCUT2D eigenvalue weighted by molar-refractivity contribution is 6.34. The van der Waals surface area contributed by atoms with Gasteiger partial charge in [-0.05, 0) is 55.5 Å². The number of hydrogen-bond acceptors (Lipinski definition) is 5. The highest BCUT2D eigenvalue weighted by Gasteiger charge is 2.37. The summed E-state index contributed by atoms with van der Waals surface area (Å²) in [6, 6.07) is 16.1. The number of fused-ring (bicyclic) bond motifs is 1. The maximum Gasteiger partial charge on any atom is 0.573 e. The van der Waals surface area contributed by atoms with Crippen molar-refractivity contribution in [2.24, 2.45) is 0 Å². The third kappa shape index (κ3) is 5.02.